The summed E-state index contributed by atoms with van der Waals surface area (Å²) in [5.74, 6) is -0.387. The number of amides is 1. The van der Waals surface area contributed by atoms with Gasteiger partial charge in [0.2, 0.25) is 5.91 Å². The van der Waals surface area contributed by atoms with Crippen LogP contribution in [0.5, 0.6) is 0 Å². The first-order chi connectivity index (χ1) is 6.23. The fraction of sp³-hybridized carbons (Fsp3) is 0.800. The second-order valence-corrected chi connectivity index (χ2v) is 5.02. The molecule has 1 aliphatic rings. The van der Waals surface area contributed by atoms with E-state index in [1.807, 2.05) is 20.8 Å². The van der Waals surface area contributed by atoms with Crippen LogP contribution in [-0.2, 0) is 14.3 Å². The summed E-state index contributed by atoms with van der Waals surface area (Å²) in [6, 6.07) is 0. The highest BCUT2D eigenvalue weighted by Gasteiger charge is 2.43. The maximum atomic E-state index is 11.7. The van der Waals surface area contributed by atoms with Gasteiger partial charge in [-0.2, -0.15) is 0 Å². The highest BCUT2D eigenvalue weighted by atomic mass is 16.6. The van der Waals surface area contributed by atoms with Crippen molar-refractivity contribution in [3.8, 4) is 0 Å². The van der Waals surface area contributed by atoms with Crippen LogP contribution < -0.4 is 5.32 Å². The average Bonchev–Trinajstić information content (AvgIpc) is 2.29. The molecule has 1 heterocycles. The Balaban J connectivity index is 2.65. The molecule has 0 aromatic heterocycles. The van der Waals surface area contributed by atoms with Gasteiger partial charge in [-0.05, 0) is 27.7 Å². The van der Waals surface area contributed by atoms with Crippen molar-refractivity contribution < 1.29 is 14.3 Å². The predicted octanol–water partition coefficient (Wildman–Crippen LogP) is 0.854. The fourth-order valence-electron chi connectivity index (χ4n) is 1.32. The van der Waals surface area contributed by atoms with Crippen LogP contribution in [-0.4, -0.2) is 24.0 Å². The minimum atomic E-state index is -0.690. The van der Waals surface area contributed by atoms with Gasteiger partial charge >= 0.3 is 5.97 Å². The van der Waals surface area contributed by atoms with Crippen LogP contribution in [0.25, 0.3) is 0 Å². The lowest BCUT2D eigenvalue weighted by molar-refractivity contribution is -0.165. The van der Waals surface area contributed by atoms with E-state index in [1.165, 1.54) is 0 Å². The molecule has 80 valence electrons. The molecular formula is C10H17NO3. The Morgan fingerprint density at radius 1 is 1.50 bits per heavy atom. The van der Waals surface area contributed by atoms with E-state index in [4.69, 9.17) is 4.74 Å². The SMILES string of the molecule is CC(C)(C)OC(=O)[C@@]1(C)CNC(=O)C1. The largest absolute Gasteiger partial charge is 0.459 e. The minimum absolute atomic E-state index is 0.0849. The third-order valence-corrected chi connectivity index (χ3v) is 2.12. The molecule has 1 fully saturated rings. The molecule has 1 aliphatic heterocycles. The molecule has 1 amide bonds. The first-order valence-corrected chi connectivity index (χ1v) is 4.73. The van der Waals surface area contributed by atoms with Crippen LogP contribution >= 0.6 is 0 Å². The zero-order valence-corrected chi connectivity index (χ0v) is 9.14. The Morgan fingerprint density at radius 3 is 2.43 bits per heavy atom. The molecule has 4 heteroatoms. The second-order valence-electron chi connectivity index (χ2n) is 5.02. The average molecular weight is 199 g/mol. The summed E-state index contributed by atoms with van der Waals surface area (Å²) in [6.45, 7) is 7.58. The number of carbonyl (C=O) groups excluding carboxylic acids is 2. The smallest absolute Gasteiger partial charge is 0.314 e. The maximum absolute atomic E-state index is 11.7. The van der Waals surface area contributed by atoms with Gasteiger partial charge in [-0.1, -0.05) is 0 Å². The summed E-state index contributed by atoms with van der Waals surface area (Å²) in [6.07, 6.45) is 0.224. The Bertz CT molecular complexity index is 267. The number of hydrogen-bond donors (Lipinski definition) is 1. The van der Waals surface area contributed by atoms with Gasteiger partial charge in [-0.25, -0.2) is 0 Å². The Hall–Kier alpha value is -1.06. The summed E-state index contributed by atoms with van der Waals surface area (Å²) < 4.78 is 5.24. The lowest BCUT2D eigenvalue weighted by atomic mass is 9.89. The predicted molar refractivity (Wildman–Crippen MR) is 51.6 cm³/mol. The molecule has 14 heavy (non-hydrogen) atoms. The van der Waals surface area contributed by atoms with Crippen molar-refractivity contribution >= 4 is 11.9 Å². The van der Waals surface area contributed by atoms with Gasteiger partial charge in [0.05, 0.1) is 5.41 Å². The van der Waals surface area contributed by atoms with Gasteiger partial charge in [-0.3, -0.25) is 9.59 Å². The van der Waals surface area contributed by atoms with E-state index in [-0.39, 0.29) is 18.3 Å². The summed E-state index contributed by atoms with van der Waals surface area (Å²) >= 11 is 0. The number of esters is 1. The van der Waals surface area contributed by atoms with Crippen molar-refractivity contribution in [2.24, 2.45) is 5.41 Å². The van der Waals surface area contributed by atoms with Crippen LogP contribution in [0.15, 0.2) is 0 Å². The van der Waals surface area contributed by atoms with E-state index in [2.05, 4.69) is 5.32 Å². The van der Waals surface area contributed by atoms with Gasteiger partial charge < -0.3 is 10.1 Å². The van der Waals surface area contributed by atoms with E-state index in [0.717, 1.165) is 0 Å². The van der Waals surface area contributed by atoms with Crippen molar-refractivity contribution in [3.05, 3.63) is 0 Å². The molecule has 0 spiro atoms. The van der Waals surface area contributed by atoms with E-state index in [1.54, 1.807) is 6.92 Å². The standard InChI is InChI=1S/C10H17NO3/c1-9(2,3)14-8(13)10(4)5-7(12)11-6-10/h5-6H2,1-4H3,(H,11,12)/t10-/m1/s1. The lowest BCUT2D eigenvalue weighted by Crippen LogP contribution is -2.37. The first-order valence-electron chi connectivity index (χ1n) is 4.73. The molecule has 0 bridgehead atoms. The Morgan fingerprint density at radius 2 is 2.07 bits per heavy atom. The molecule has 0 aromatic carbocycles. The van der Waals surface area contributed by atoms with Crippen LogP contribution in [0.1, 0.15) is 34.1 Å². The summed E-state index contributed by atoms with van der Waals surface area (Å²) in [5.41, 5.74) is -1.18. The quantitative estimate of drug-likeness (QED) is 0.637. The normalized spacial score (nSPS) is 27.3. The number of hydrogen-bond acceptors (Lipinski definition) is 3. The van der Waals surface area contributed by atoms with E-state index >= 15 is 0 Å². The Labute approximate surface area is 84.0 Å². The van der Waals surface area contributed by atoms with Crippen LogP contribution in [0, 0.1) is 5.41 Å². The molecule has 1 N–H and O–H groups in total. The van der Waals surface area contributed by atoms with E-state index in [0.29, 0.717) is 6.54 Å². The highest BCUT2D eigenvalue weighted by molar-refractivity contribution is 5.89. The van der Waals surface area contributed by atoms with Gasteiger partial charge in [0.1, 0.15) is 5.60 Å². The first kappa shape index (κ1) is 11.0. The molecular weight excluding hydrogens is 182 g/mol. The van der Waals surface area contributed by atoms with Gasteiger partial charge in [0.15, 0.2) is 0 Å². The molecule has 1 saturated heterocycles. The van der Waals surface area contributed by atoms with Gasteiger partial charge in [0, 0.05) is 13.0 Å². The number of ether oxygens (including phenoxy) is 1. The molecule has 0 saturated carbocycles. The lowest BCUT2D eigenvalue weighted by Gasteiger charge is -2.26. The molecule has 4 nitrogen and oxygen atoms in total. The molecule has 0 aromatic rings. The maximum Gasteiger partial charge on any atom is 0.314 e. The topological polar surface area (TPSA) is 55.4 Å². The molecule has 0 aliphatic carbocycles. The zero-order chi connectivity index (χ0) is 11.0. The Kier molecular flexibility index (Phi) is 2.56. The fourth-order valence-corrected chi connectivity index (χ4v) is 1.32. The van der Waals surface area contributed by atoms with E-state index in [9.17, 15) is 9.59 Å². The second kappa shape index (κ2) is 3.26. The van der Waals surface area contributed by atoms with Crippen LogP contribution in [0.4, 0.5) is 0 Å². The van der Waals surface area contributed by atoms with Crippen molar-refractivity contribution in [1.82, 2.24) is 5.32 Å². The van der Waals surface area contributed by atoms with Crippen molar-refractivity contribution in [2.45, 2.75) is 39.7 Å². The third-order valence-electron chi connectivity index (χ3n) is 2.12. The monoisotopic (exact) mass is 199 g/mol. The molecule has 1 rings (SSSR count). The van der Waals surface area contributed by atoms with Crippen molar-refractivity contribution in [1.29, 1.82) is 0 Å². The summed E-state index contributed by atoms with van der Waals surface area (Å²) in [5, 5.41) is 2.64. The number of rotatable bonds is 1. The summed E-state index contributed by atoms with van der Waals surface area (Å²) in [7, 11) is 0. The minimum Gasteiger partial charge on any atom is -0.459 e. The highest BCUT2D eigenvalue weighted by Crippen LogP contribution is 2.28. The van der Waals surface area contributed by atoms with Crippen molar-refractivity contribution in [3.63, 3.8) is 0 Å². The van der Waals surface area contributed by atoms with Gasteiger partial charge in [-0.15, -0.1) is 0 Å². The summed E-state index contributed by atoms with van der Waals surface area (Å²) in [4.78, 5) is 22.7. The number of carbonyl (C=O) groups is 2. The molecule has 1 atom stereocenters. The number of nitrogens with one attached hydrogen (secondary N) is 1. The zero-order valence-electron chi connectivity index (χ0n) is 9.14. The van der Waals surface area contributed by atoms with Gasteiger partial charge in [0.25, 0.3) is 0 Å². The van der Waals surface area contributed by atoms with Crippen molar-refractivity contribution in [2.75, 3.05) is 6.54 Å². The van der Waals surface area contributed by atoms with Crippen LogP contribution in [0.2, 0.25) is 0 Å². The van der Waals surface area contributed by atoms with Crippen LogP contribution in [0.3, 0.4) is 0 Å². The third kappa shape index (κ3) is 2.47. The van der Waals surface area contributed by atoms with E-state index < -0.39 is 11.0 Å². The molecule has 0 unspecified atom stereocenters. The molecule has 0 radical (unpaired) electrons.